The summed E-state index contributed by atoms with van der Waals surface area (Å²) in [6.07, 6.45) is 0.960. The van der Waals surface area contributed by atoms with Gasteiger partial charge in [-0.15, -0.1) is 0 Å². The number of nitrogens with zero attached hydrogens (tertiary/aromatic N) is 3. The Kier molecular flexibility index (Phi) is 4.20. The predicted molar refractivity (Wildman–Crippen MR) is 82.0 cm³/mol. The first-order valence-corrected chi connectivity index (χ1v) is 7.23. The summed E-state index contributed by atoms with van der Waals surface area (Å²) in [5, 5.41) is 9.27. The minimum absolute atomic E-state index is 0.0878. The number of aromatic nitrogens is 2. The van der Waals surface area contributed by atoms with Gasteiger partial charge < -0.3 is 14.7 Å². The van der Waals surface area contributed by atoms with E-state index >= 15 is 0 Å². The Balaban J connectivity index is 2.00. The van der Waals surface area contributed by atoms with Crippen molar-refractivity contribution in [3.63, 3.8) is 0 Å². The quantitative estimate of drug-likeness (QED) is 0.932. The molecule has 1 saturated heterocycles. The Bertz CT molecular complexity index is 721. The van der Waals surface area contributed by atoms with E-state index < -0.39 is 5.97 Å². The maximum atomic E-state index is 13.1. The molecule has 120 valence electrons. The van der Waals surface area contributed by atoms with Crippen LogP contribution in [0.1, 0.15) is 16.9 Å². The summed E-state index contributed by atoms with van der Waals surface area (Å²) in [6.45, 7) is 1.38. The molecule has 1 N–H and O–H groups in total. The number of ether oxygens (including phenoxy) is 1. The number of rotatable bonds is 4. The largest absolute Gasteiger partial charge is 0.477 e. The molecule has 3 rings (SSSR count). The van der Waals surface area contributed by atoms with Crippen LogP contribution >= 0.6 is 0 Å². The Hall–Kier alpha value is -2.54. The summed E-state index contributed by atoms with van der Waals surface area (Å²) >= 11 is 0. The minimum atomic E-state index is -1.13. The van der Waals surface area contributed by atoms with Crippen LogP contribution in [-0.2, 0) is 4.74 Å². The molecule has 6 nitrogen and oxygen atoms in total. The summed E-state index contributed by atoms with van der Waals surface area (Å²) in [5.74, 6) is -0.692. The molecule has 0 saturated carbocycles. The van der Waals surface area contributed by atoms with Gasteiger partial charge in [0.25, 0.3) is 0 Å². The van der Waals surface area contributed by atoms with Crippen LogP contribution in [0.2, 0.25) is 0 Å². The molecule has 0 amide bonds. The maximum Gasteiger partial charge on any atom is 0.354 e. The molecule has 0 bridgehead atoms. The van der Waals surface area contributed by atoms with E-state index in [2.05, 4.69) is 9.97 Å². The van der Waals surface area contributed by atoms with Crippen molar-refractivity contribution in [3.8, 4) is 11.4 Å². The normalized spacial score (nSPS) is 17.5. The average molecular weight is 317 g/mol. The lowest BCUT2D eigenvalue weighted by atomic mass is 10.2. The lowest BCUT2D eigenvalue weighted by Gasteiger charge is -2.18. The lowest BCUT2D eigenvalue weighted by molar-refractivity contribution is 0.0690. The van der Waals surface area contributed by atoms with Crippen molar-refractivity contribution >= 4 is 11.8 Å². The molecule has 23 heavy (non-hydrogen) atoms. The number of aromatic carboxylic acids is 1. The van der Waals surface area contributed by atoms with Crippen LogP contribution in [0.5, 0.6) is 0 Å². The van der Waals surface area contributed by atoms with Crippen LogP contribution in [0.4, 0.5) is 10.2 Å². The second kappa shape index (κ2) is 6.29. The molecule has 0 spiro atoms. The van der Waals surface area contributed by atoms with Crippen molar-refractivity contribution < 1.29 is 19.0 Å². The second-order valence-corrected chi connectivity index (χ2v) is 5.34. The van der Waals surface area contributed by atoms with Gasteiger partial charge in [0.2, 0.25) is 0 Å². The van der Waals surface area contributed by atoms with E-state index in [9.17, 15) is 14.3 Å². The van der Waals surface area contributed by atoms with Crippen molar-refractivity contribution in [1.29, 1.82) is 0 Å². The highest BCUT2D eigenvalue weighted by Crippen LogP contribution is 2.24. The first-order valence-electron chi connectivity index (χ1n) is 7.23. The number of halogens is 1. The van der Waals surface area contributed by atoms with Gasteiger partial charge in [0.05, 0.1) is 6.10 Å². The van der Waals surface area contributed by atoms with Gasteiger partial charge in [0.1, 0.15) is 11.6 Å². The Labute approximate surface area is 132 Å². The van der Waals surface area contributed by atoms with Crippen LogP contribution < -0.4 is 4.90 Å². The van der Waals surface area contributed by atoms with Gasteiger partial charge in [0, 0.05) is 31.8 Å². The number of carboxylic acids is 1. The number of hydrogen-bond donors (Lipinski definition) is 1. The highest BCUT2D eigenvalue weighted by Gasteiger charge is 2.25. The SMILES string of the molecule is CO[C@H]1CCN(c2cc(C(=O)O)nc(-c3ccc(F)cc3)n2)C1. The van der Waals surface area contributed by atoms with Crippen molar-refractivity contribution in [2.45, 2.75) is 12.5 Å². The zero-order valence-corrected chi connectivity index (χ0v) is 12.6. The van der Waals surface area contributed by atoms with Crippen molar-refractivity contribution in [2.24, 2.45) is 0 Å². The second-order valence-electron chi connectivity index (χ2n) is 5.34. The summed E-state index contributed by atoms with van der Waals surface area (Å²) < 4.78 is 18.4. The van der Waals surface area contributed by atoms with Gasteiger partial charge in [0.15, 0.2) is 11.5 Å². The smallest absolute Gasteiger partial charge is 0.354 e. The van der Waals surface area contributed by atoms with Crippen LogP contribution in [-0.4, -0.2) is 47.3 Å². The Morgan fingerprint density at radius 1 is 1.35 bits per heavy atom. The first-order chi connectivity index (χ1) is 11.1. The zero-order chi connectivity index (χ0) is 16.4. The van der Waals surface area contributed by atoms with E-state index in [1.165, 1.54) is 30.3 Å². The third kappa shape index (κ3) is 3.29. The first kappa shape index (κ1) is 15.4. The highest BCUT2D eigenvalue weighted by molar-refractivity contribution is 5.87. The summed E-state index contributed by atoms with van der Waals surface area (Å²) in [5.41, 5.74) is 0.480. The number of carboxylic acid groups (broad SMARTS) is 1. The minimum Gasteiger partial charge on any atom is -0.477 e. The maximum absolute atomic E-state index is 13.1. The van der Waals surface area contributed by atoms with Gasteiger partial charge in [-0.25, -0.2) is 19.2 Å². The summed E-state index contributed by atoms with van der Waals surface area (Å²) in [7, 11) is 1.65. The van der Waals surface area contributed by atoms with Crippen LogP contribution in [0, 0.1) is 5.82 Å². The van der Waals surface area contributed by atoms with Crippen LogP contribution in [0.25, 0.3) is 11.4 Å². The monoisotopic (exact) mass is 317 g/mol. The summed E-state index contributed by atoms with van der Waals surface area (Å²) in [4.78, 5) is 21.8. The fourth-order valence-corrected chi connectivity index (χ4v) is 2.56. The van der Waals surface area contributed by atoms with Gasteiger partial charge in [-0.3, -0.25) is 0 Å². The highest BCUT2D eigenvalue weighted by atomic mass is 19.1. The van der Waals surface area contributed by atoms with Crippen molar-refractivity contribution in [2.75, 3.05) is 25.1 Å². The fourth-order valence-electron chi connectivity index (χ4n) is 2.56. The van der Waals surface area contributed by atoms with Crippen molar-refractivity contribution in [1.82, 2.24) is 9.97 Å². The molecular weight excluding hydrogens is 301 g/mol. The van der Waals surface area contributed by atoms with Crippen molar-refractivity contribution in [3.05, 3.63) is 41.8 Å². The Morgan fingerprint density at radius 2 is 2.09 bits per heavy atom. The molecule has 7 heteroatoms. The number of methoxy groups -OCH3 is 1. The molecule has 1 aromatic heterocycles. The third-order valence-corrected chi connectivity index (χ3v) is 3.84. The number of carbonyl (C=O) groups is 1. The van der Waals surface area contributed by atoms with E-state index in [0.29, 0.717) is 17.9 Å². The predicted octanol–water partition coefficient (Wildman–Crippen LogP) is 2.21. The van der Waals surface area contributed by atoms with E-state index in [-0.39, 0.29) is 23.4 Å². The van der Waals surface area contributed by atoms with Crippen LogP contribution in [0.3, 0.4) is 0 Å². The molecule has 0 aliphatic carbocycles. The molecule has 1 aliphatic rings. The van der Waals surface area contributed by atoms with E-state index in [4.69, 9.17) is 4.74 Å². The molecule has 0 radical (unpaired) electrons. The molecule has 1 aromatic carbocycles. The zero-order valence-electron chi connectivity index (χ0n) is 12.6. The number of hydrogen-bond acceptors (Lipinski definition) is 5. The van der Waals surface area contributed by atoms with Gasteiger partial charge >= 0.3 is 5.97 Å². The van der Waals surface area contributed by atoms with E-state index in [1.54, 1.807) is 7.11 Å². The van der Waals surface area contributed by atoms with Crippen LogP contribution in [0.15, 0.2) is 30.3 Å². The van der Waals surface area contributed by atoms with Gasteiger partial charge in [-0.05, 0) is 30.7 Å². The third-order valence-electron chi connectivity index (χ3n) is 3.84. The number of anilines is 1. The Morgan fingerprint density at radius 3 is 2.70 bits per heavy atom. The topological polar surface area (TPSA) is 75.5 Å². The average Bonchev–Trinajstić information content (AvgIpc) is 3.04. The van der Waals surface area contributed by atoms with E-state index in [0.717, 1.165) is 13.0 Å². The fraction of sp³-hybridized carbons (Fsp3) is 0.312. The molecule has 0 unspecified atom stereocenters. The number of benzene rings is 1. The molecule has 1 aliphatic heterocycles. The molecule has 1 fully saturated rings. The van der Waals surface area contributed by atoms with Gasteiger partial charge in [-0.2, -0.15) is 0 Å². The molecular formula is C16H16FN3O3. The summed E-state index contributed by atoms with van der Waals surface area (Å²) in [6, 6.07) is 7.10. The standard InChI is InChI=1S/C16H16FN3O3/c1-23-12-6-7-20(9-12)14-8-13(16(21)22)18-15(19-14)10-2-4-11(17)5-3-10/h2-5,8,12H,6-7,9H2,1H3,(H,21,22)/t12-/m0/s1. The van der Waals surface area contributed by atoms with Gasteiger partial charge in [-0.1, -0.05) is 0 Å². The molecule has 2 heterocycles. The molecule has 2 aromatic rings. The lowest BCUT2D eigenvalue weighted by Crippen LogP contribution is -2.24. The van der Waals surface area contributed by atoms with E-state index in [1.807, 2.05) is 4.90 Å². The molecule has 1 atom stereocenters.